The normalized spacial score (nSPS) is 18.5. The Labute approximate surface area is 186 Å². The van der Waals surface area contributed by atoms with Gasteiger partial charge >= 0.3 is 0 Å². The van der Waals surface area contributed by atoms with Crippen molar-refractivity contribution in [2.45, 2.75) is 45.3 Å². The van der Waals surface area contributed by atoms with Crippen molar-refractivity contribution in [3.63, 3.8) is 0 Å². The zero-order valence-electron chi connectivity index (χ0n) is 18.5. The Kier molecular flexibility index (Phi) is 8.11. The number of morpholine rings is 1. The fraction of sp³-hybridized carbons (Fsp3) is 0.500. The molecule has 166 valence electrons. The second-order valence-electron chi connectivity index (χ2n) is 8.78. The summed E-state index contributed by atoms with van der Waals surface area (Å²) in [6, 6.07) is 16.6. The molecule has 2 fully saturated rings. The molecule has 5 nitrogen and oxygen atoms in total. The summed E-state index contributed by atoms with van der Waals surface area (Å²) in [5, 5.41) is 3.08. The van der Waals surface area contributed by atoms with E-state index in [0.717, 1.165) is 45.0 Å². The number of hydrogen-bond donors (Lipinski definition) is 1. The summed E-state index contributed by atoms with van der Waals surface area (Å²) in [4.78, 5) is 17.6. The average Bonchev–Trinajstić information content (AvgIpc) is 3.08. The summed E-state index contributed by atoms with van der Waals surface area (Å²) in [5.74, 6) is -0.0177. The lowest BCUT2D eigenvalue weighted by atomic mass is 10.1. The van der Waals surface area contributed by atoms with E-state index in [-0.39, 0.29) is 5.91 Å². The molecule has 0 aliphatic carbocycles. The van der Waals surface area contributed by atoms with Crippen LogP contribution in [0.5, 0.6) is 0 Å². The van der Waals surface area contributed by atoms with E-state index in [1.807, 2.05) is 12.1 Å². The lowest BCUT2D eigenvalue weighted by Crippen LogP contribution is -2.35. The first-order valence-electron chi connectivity index (χ1n) is 11.7. The number of rotatable bonds is 7. The van der Waals surface area contributed by atoms with E-state index in [1.165, 1.54) is 49.9 Å². The number of carbonyl (C=O) groups excluding carboxylic acids is 1. The molecule has 2 aliphatic heterocycles. The van der Waals surface area contributed by atoms with Crippen LogP contribution in [0.25, 0.3) is 0 Å². The SMILES string of the molecule is O=C(NCc1cccc(CN2CCCCCC2)c1)c1ccc(CN2CCOCC2)cc1. The number of amides is 1. The lowest BCUT2D eigenvalue weighted by Gasteiger charge is -2.26. The summed E-state index contributed by atoms with van der Waals surface area (Å²) in [7, 11) is 0. The van der Waals surface area contributed by atoms with Crippen LogP contribution in [0.4, 0.5) is 0 Å². The van der Waals surface area contributed by atoms with Crippen molar-refractivity contribution in [2.24, 2.45) is 0 Å². The molecule has 0 spiro atoms. The molecule has 0 saturated carbocycles. The molecule has 0 radical (unpaired) electrons. The third-order valence-corrected chi connectivity index (χ3v) is 6.28. The first-order valence-corrected chi connectivity index (χ1v) is 11.7. The third kappa shape index (κ3) is 6.89. The molecular formula is C26H35N3O2. The molecule has 0 atom stereocenters. The maximum absolute atomic E-state index is 12.6. The minimum atomic E-state index is -0.0177. The second kappa shape index (κ2) is 11.4. The molecular weight excluding hydrogens is 386 g/mol. The molecule has 2 heterocycles. The molecule has 4 rings (SSSR count). The molecule has 1 N–H and O–H groups in total. The highest BCUT2D eigenvalue weighted by Crippen LogP contribution is 2.15. The largest absolute Gasteiger partial charge is 0.379 e. The van der Waals surface area contributed by atoms with Crippen LogP contribution < -0.4 is 5.32 Å². The number of likely N-dealkylation sites (tertiary alicyclic amines) is 1. The van der Waals surface area contributed by atoms with E-state index < -0.39 is 0 Å². The van der Waals surface area contributed by atoms with Gasteiger partial charge in [-0.3, -0.25) is 14.6 Å². The van der Waals surface area contributed by atoms with Crippen LogP contribution in [-0.4, -0.2) is 55.1 Å². The highest BCUT2D eigenvalue weighted by molar-refractivity contribution is 5.94. The van der Waals surface area contributed by atoms with E-state index in [4.69, 9.17) is 4.74 Å². The van der Waals surface area contributed by atoms with Crippen molar-refractivity contribution in [3.8, 4) is 0 Å². The van der Waals surface area contributed by atoms with Crippen LogP contribution in [-0.2, 0) is 24.4 Å². The van der Waals surface area contributed by atoms with Gasteiger partial charge in [0.05, 0.1) is 13.2 Å². The number of nitrogens with one attached hydrogen (secondary N) is 1. The Hall–Kier alpha value is -2.21. The van der Waals surface area contributed by atoms with Gasteiger partial charge in [-0.05, 0) is 54.8 Å². The van der Waals surface area contributed by atoms with Crippen molar-refractivity contribution in [3.05, 3.63) is 70.8 Å². The average molecular weight is 422 g/mol. The Morgan fingerprint density at radius 3 is 2.16 bits per heavy atom. The van der Waals surface area contributed by atoms with E-state index in [9.17, 15) is 4.79 Å². The van der Waals surface area contributed by atoms with Crippen LogP contribution in [0.15, 0.2) is 48.5 Å². The molecule has 31 heavy (non-hydrogen) atoms. The third-order valence-electron chi connectivity index (χ3n) is 6.28. The van der Waals surface area contributed by atoms with Crippen LogP contribution in [0.1, 0.15) is 52.7 Å². The minimum absolute atomic E-state index is 0.0177. The van der Waals surface area contributed by atoms with Gasteiger partial charge < -0.3 is 10.1 Å². The lowest BCUT2D eigenvalue weighted by molar-refractivity contribution is 0.0342. The number of hydrogen-bond acceptors (Lipinski definition) is 4. The predicted octanol–water partition coefficient (Wildman–Crippen LogP) is 3.82. The van der Waals surface area contributed by atoms with Crippen molar-refractivity contribution < 1.29 is 9.53 Å². The summed E-state index contributed by atoms with van der Waals surface area (Å²) >= 11 is 0. The van der Waals surface area contributed by atoms with Gasteiger partial charge in [-0.1, -0.05) is 49.2 Å². The van der Waals surface area contributed by atoms with Crippen molar-refractivity contribution in [2.75, 3.05) is 39.4 Å². The van der Waals surface area contributed by atoms with Gasteiger partial charge in [-0.25, -0.2) is 0 Å². The Balaban J connectivity index is 1.27. The van der Waals surface area contributed by atoms with Gasteiger partial charge in [0.25, 0.3) is 5.91 Å². The summed E-state index contributed by atoms with van der Waals surface area (Å²) in [5.41, 5.74) is 4.44. The standard InChI is InChI=1S/C26H35N3O2/c30-26(25-10-8-22(9-11-25)20-29-14-16-31-17-15-29)27-19-23-6-5-7-24(18-23)21-28-12-3-1-2-4-13-28/h5-11,18H,1-4,12-17,19-21H2,(H,27,30). The molecule has 0 unspecified atom stereocenters. The smallest absolute Gasteiger partial charge is 0.251 e. The molecule has 2 saturated heterocycles. The molecule has 2 aliphatic rings. The molecule has 2 aromatic carbocycles. The number of ether oxygens (including phenoxy) is 1. The summed E-state index contributed by atoms with van der Waals surface area (Å²) < 4.78 is 5.40. The van der Waals surface area contributed by atoms with Gasteiger partial charge in [0, 0.05) is 38.3 Å². The topological polar surface area (TPSA) is 44.8 Å². The van der Waals surface area contributed by atoms with E-state index in [2.05, 4.69) is 51.5 Å². The van der Waals surface area contributed by atoms with Crippen molar-refractivity contribution in [1.29, 1.82) is 0 Å². The van der Waals surface area contributed by atoms with Crippen LogP contribution in [0.3, 0.4) is 0 Å². The Morgan fingerprint density at radius 2 is 1.42 bits per heavy atom. The van der Waals surface area contributed by atoms with Gasteiger partial charge in [-0.2, -0.15) is 0 Å². The maximum atomic E-state index is 12.6. The van der Waals surface area contributed by atoms with Gasteiger partial charge in [0.1, 0.15) is 0 Å². The number of benzene rings is 2. The van der Waals surface area contributed by atoms with Gasteiger partial charge in [0.15, 0.2) is 0 Å². The highest BCUT2D eigenvalue weighted by Gasteiger charge is 2.12. The Bertz CT molecular complexity index is 823. The zero-order chi connectivity index (χ0) is 21.3. The Morgan fingerprint density at radius 1 is 0.774 bits per heavy atom. The van der Waals surface area contributed by atoms with Crippen molar-refractivity contribution in [1.82, 2.24) is 15.1 Å². The fourth-order valence-corrected chi connectivity index (χ4v) is 4.45. The summed E-state index contributed by atoms with van der Waals surface area (Å²) in [6.45, 7) is 8.42. The quantitative estimate of drug-likeness (QED) is 0.738. The van der Waals surface area contributed by atoms with Gasteiger partial charge in [-0.15, -0.1) is 0 Å². The van der Waals surface area contributed by atoms with E-state index in [0.29, 0.717) is 12.1 Å². The van der Waals surface area contributed by atoms with Crippen LogP contribution in [0.2, 0.25) is 0 Å². The maximum Gasteiger partial charge on any atom is 0.251 e. The first-order chi connectivity index (χ1) is 15.3. The molecule has 2 aromatic rings. The van der Waals surface area contributed by atoms with E-state index in [1.54, 1.807) is 0 Å². The highest BCUT2D eigenvalue weighted by atomic mass is 16.5. The predicted molar refractivity (Wildman–Crippen MR) is 124 cm³/mol. The number of carbonyl (C=O) groups is 1. The summed E-state index contributed by atoms with van der Waals surface area (Å²) in [6.07, 6.45) is 5.33. The fourth-order valence-electron chi connectivity index (χ4n) is 4.45. The number of nitrogens with zero attached hydrogens (tertiary/aromatic N) is 2. The molecule has 0 aromatic heterocycles. The molecule has 1 amide bonds. The second-order valence-corrected chi connectivity index (χ2v) is 8.78. The van der Waals surface area contributed by atoms with Crippen molar-refractivity contribution >= 4 is 5.91 Å². The zero-order valence-corrected chi connectivity index (χ0v) is 18.5. The molecule has 0 bridgehead atoms. The van der Waals surface area contributed by atoms with Gasteiger partial charge in [0.2, 0.25) is 0 Å². The van der Waals surface area contributed by atoms with Crippen LogP contribution >= 0.6 is 0 Å². The monoisotopic (exact) mass is 421 g/mol. The minimum Gasteiger partial charge on any atom is -0.379 e. The van der Waals surface area contributed by atoms with Crippen LogP contribution in [0, 0.1) is 0 Å². The van der Waals surface area contributed by atoms with E-state index >= 15 is 0 Å². The molecule has 5 heteroatoms. The first kappa shape index (κ1) is 22.0.